The summed E-state index contributed by atoms with van der Waals surface area (Å²) in [5, 5.41) is 0. The van der Waals surface area contributed by atoms with Crippen molar-refractivity contribution in [2.45, 2.75) is 6.54 Å². The highest BCUT2D eigenvalue weighted by atomic mass is 33.1. The number of aromatic nitrogens is 4. The van der Waals surface area contributed by atoms with Gasteiger partial charge in [0.15, 0.2) is 11.5 Å². The molecule has 0 spiro atoms. The summed E-state index contributed by atoms with van der Waals surface area (Å²) < 4.78 is 23.7. The molecule has 9 nitrogen and oxygen atoms in total. The summed E-state index contributed by atoms with van der Waals surface area (Å²) in [4.78, 5) is 21.7. The van der Waals surface area contributed by atoms with Gasteiger partial charge in [-0.1, -0.05) is 21.6 Å². The molecule has 0 saturated carbocycles. The van der Waals surface area contributed by atoms with E-state index in [1.54, 1.807) is 32.5 Å². The molecule has 2 rings (SSSR count). The monoisotopic (exact) mass is 379 g/mol. The summed E-state index contributed by atoms with van der Waals surface area (Å²) in [6.45, 7) is 0.864. The van der Waals surface area contributed by atoms with Crippen LogP contribution >= 0.6 is 29.2 Å². The molecule has 0 saturated heterocycles. The Hall–Kier alpha value is -0.840. The van der Waals surface area contributed by atoms with Gasteiger partial charge in [-0.25, -0.2) is 15.0 Å². The Labute approximate surface area is 141 Å². The Morgan fingerprint density at radius 1 is 1.39 bits per heavy atom. The number of hydrogen-bond donors (Lipinski definition) is 2. The number of rotatable bonds is 10. The first kappa shape index (κ1) is 18.5. The molecule has 0 aliphatic carbocycles. The van der Waals surface area contributed by atoms with Gasteiger partial charge >= 0.3 is 7.60 Å². The standard InChI is InChI=1S/C11H18N5O4PS2/c1-22-23-5-4-20-21(17,18)8-19-3-2-16-7-15-9-10(12)13-6-14-11(9)16/h6-7H,2-5,8H2,1H3,(H,17,18)(H2,12,13,14). The first-order chi connectivity index (χ1) is 11.0. The van der Waals surface area contributed by atoms with Crippen LogP contribution in [0.1, 0.15) is 0 Å². The lowest BCUT2D eigenvalue weighted by molar-refractivity contribution is 0.140. The molecule has 3 N–H and O–H groups in total. The van der Waals surface area contributed by atoms with Gasteiger partial charge in [-0.3, -0.25) is 4.57 Å². The number of ether oxygens (including phenoxy) is 1. The van der Waals surface area contributed by atoms with E-state index in [0.29, 0.717) is 29.3 Å². The van der Waals surface area contributed by atoms with E-state index in [-0.39, 0.29) is 19.6 Å². The van der Waals surface area contributed by atoms with Crippen molar-refractivity contribution in [1.82, 2.24) is 19.5 Å². The van der Waals surface area contributed by atoms with Gasteiger partial charge in [0.25, 0.3) is 0 Å². The average Bonchev–Trinajstić information content (AvgIpc) is 2.93. The summed E-state index contributed by atoms with van der Waals surface area (Å²) in [6.07, 6.45) is 4.53. The van der Waals surface area contributed by atoms with E-state index in [4.69, 9.17) is 15.0 Å². The largest absolute Gasteiger partial charge is 0.382 e. The molecule has 128 valence electrons. The number of fused-ring (bicyclic) bond motifs is 1. The predicted octanol–water partition coefficient (Wildman–Crippen LogP) is 1.60. The first-order valence-corrected chi connectivity index (χ1v) is 11.1. The van der Waals surface area contributed by atoms with Crippen LogP contribution in [-0.2, 0) is 20.4 Å². The minimum atomic E-state index is -3.71. The van der Waals surface area contributed by atoms with Crippen molar-refractivity contribution in [2.24, 2.45) is 0 Å². The Kier molecular flexibility index (Phi) is 7.12. The van der Waals surface area contributed by atoms with E-state index in [2.05, 4.69) is 15.0 Å². The zero-order valence-electron chi connectivity index (χ0n) is 12.5. The summed E-state index contributed by atoms with van der Waals surface area (Å²) in [5.74, 6) is 0.958. The first-order valence-electron chi connectivity index (χ1n) is 6.64. The summed E-state index contributed by atoms with van der Waals surface area (Å²) in [7, 11) is -0.567. The molecule has 2 aromatic rings. The van der Waals surface area contributed by atoms with Crippen molar-refractivity contribution in [3.63, 3.8) is 0 Å². The lowest BCUT2D eigenvalue weighted by Gasteiger charge is -2.12. The molecule has 0 aromatic carbocycles. The van der Waals surface area contributed by atoms with E-state index >= 15 is 0 Å². The van der Waals surface area contributed by atoms with Gasteiger partial charge in [-0.15, -0.1) is 0 Å². The van der Waals surface area contributed by atoms with Crippen molar-refractivity contribution in [3.05, 3.63) is 12.7 Å². The molecule has 0 radical (unpaired) electrons. The van der Waals surface area contributed by atoms with Crippen LogP contribution in [0.25, 0.3) is 11.2 Å². The van der Waals surface area contributed by atoms with Crippen LogP contribution in [-0.4, -0.2) is 56.0 Å². The molecule has 0 aliphatic heterocycles. The number of nitrogens with two attached hydrogens (primary N) is 1. The van der Waals surface area contributed by atoms with Crippen LogP contribution in [0.3, 0.4) is 0 Å². The molecule has 0 fully saturated rings. The molecule has 0 bridgehead atoms. The van der Waals surface area contributed by atoms with Crippen molar-refractivity contribution >= 4 is 46.2 Å². The van der Waals surface area contributed by atoms with E-state index in [9.17, 15) is 9.46 Å². The maximum Gasteiger partial charge on any atom is 0.353 e. The normalized spacial score (nSPS) is 14.2. The second kappa shape index (κ2) is 8.86. The Morgan fingerprint density at radius 2 is 2.22 bits per heavy atom. The molecule has 0 amide bonds. The molecular formula is C11H18N5O4PS2. The Bertz CT molecular complexity index is 685. The molecule has 2 heterocycles. The fourth-order valence-corrected chi connectivity index (χ4v) is 3.70. The van der Waals surface area contributed by atoms with Crippen LogP contribution in [0, 0.1) is 0 Å². The van der Waals surface area contributed by atoms with Gasteiger partial charge in [0.05, 0.1) is 19.5 Å². The molecule has 23 heavy (non-hydrogen) atoms. The summed E-state index contributed by atoms with van der Waals surface area (Å²) in [5.41, 5.74) is 6.82. The fourth-order valence-electron chi connectivity index (χ4n) is 1.74. The average molecular weight is 379 g/mol. The topological polar surface area (TPSA) is 125 Å². The van der Waals surface area contributed by atoms with Crippen LogP contribution < -0.4 is 5.73 Å². The molecule has 1 atom stereocenters. The SMILES string of the molecule is CSSCCOP(=O)(O)COCCn1cnc2c(N)ncnc21. The minimum Gasteiger partial charge on any atom is -0.382 e. The number of hydrogen-bond acceptors (Lipinski definition) is 9. The van der Waals surface area contributed by atoms with Gasteiger partial charge in [0, 0.05) is 12.3 Å². The van der Waals surface area contributed by atoms with E-state index in [1.807, 2.05) is 6.26 Å². The van der Waals surface area contributed by atoms with Crippen LogP contribution in [0.15, 0.2) is 12.7 Å². The van der Waals surface area contributed by atoms with Gasteiger partial charge in [0.2, 0.25) is 0 Å². The molecule has 1 unspecified atom stereocenters. The maximum absolute atomic E-state index is 11.7. The zero-order chi connectivity index (χ0) is 16.7. The zero-order valence-corrected chi connectivity index (χ0v) is 15.0. The van der Waals surface area contributed by atoms with Crippen molar-refractivity contribution < 1.29 is 18.7 Å². The summed E-state index contributed by atoms with van der Waals surface area (Å²) >= 11 is 0. The smallest absolute Gasteiger partial charge is 0.353 e. The van der Waals surface area contributed by atoms with E-state index < -0.39 is 7.60 Å². The third-order valence-electron chi connectivity index (χ3n) is 2.74. The quantitative estimate of drug-likeness (QED) is 0.357. The minimum absolute atomic E-state index is 0.213. The maximum atomic E-state index is 11.7. The lowest BCUT2D eigenvalue weighted by atomic mass is 10.5. The number of nitrogen functional groups attached to an aromatic ring is 1. The van der Waals surface area contributed by atoms with E-state index in [0.717, 1.165) is 0 Å². The molecule has 2 aromatic heterocycles. The van der Waals surface area contributed by atoms with Crippen LogP contribution in [0.2, 0.25) is 0 Å². The van der Waals surface area contributed by atoms with E-state index in [1.165, 1.54) is 6.33 Å². The second-order valence-corrected chi connectivity index (χ2v) is 8.84. The van der Waals surface area contributed by atoms with Gasteiger partial charge in [-0.05, 0) is 6.26 Å². The molecule has 12 heteroatoms. The Balaban J connectivity index is 1.76. The molecule has 0 aliphatic rings. The molecular weight excluding hydrogens is 361 g/mol. The van der Waals surface area contributed by atoms with Crippen LogP contribution in [0.4, 0.5) is 5.82 Å². The van der Waals surface area contributed by atoms with Crippen molar-refractivity contribution in [1.29, 1.82) is 0 Å². The summed E-state index contributed by atoms with van der Waals surface area (Å²) in [6, 6.07) is 0. The second-order valence-electron chi connectivity index (χ2n) is 4.37. The number of nitrogens with zero attached hydrogens (tertiary/aromatic N) is 4. The highest BCUT2D eigenvalue weighted by Gasteiger charge is 2.19. The number of imidazole rings is 1. The highest BCUT2D eigenvalue weighted by Crippen LogP contribution is 2.41. The van der Waals surface area contributed by atoms with Gasteiger partial charge in [0.1, 0.15) is 18.2 Å². The van der Waals surface area contributed by atoms with Crippen LogP contribution in [0.5, 0.6) is 0 Å². The predicted molar refractivity (Wildman–Crippen MR) is 92.3 cm³/mol. The Morgan fingerprint density at radius 3 is 3.00 bits per heavy atom. The highest BCUT2D eigenvalue weighted by molar-refractivity contribution is 8.76. The lowest BCUT2D eigenvalue weighted by Crippen LogP contribution is -2.08. The third kappa shape index (κ3) is 5.63. The van der Waals surface area contributed by atoms with Gasteiger partial charge < -0.3 is 24.5 Å². The number of anilines is 1. The van der Waals surface area contributed by atoms with Gasteiger partial charge in [-0.2, -0.15) is 0 Å². The van der Waals surface area contributed by atoms with Crippen molar-refractivity contribution in [2.75, 3.05) is 37.3 Å². The fraction of sp³-hybridized carbons (Fsp3) is 0.545. The third-order valence-corrected chi connectivity index (χ3v) is 5.61. The van der Waals surface area contributed by atoms with Crippen molar-refractivity contribution in [3.8, 4) is 0 Å².